The normalized spacial score (nSPS) is 13.6. The lowest BCUT2D eigenvalue weighted by molar-refractivity contribution is -0.142. The van der Waals surface area contributed by atoms with Crippen molar-refractivity contribution in [3.8, 4) is 0 Å². The van der Waals surface area contributed by atoms with Crippen LogP contribution >= 0.6 is 0 Å². The Morgan fingerprint density at radius 3 is 2.19 bits per heavy atom. The summed E-state index contributed by atoms with van der Waals surface area (Å²) in [6, 6.07) is -0.843. The number of aliphatic carboxylic acids is 1. The van der Waals surface area contributed by atoms with E-state index < -0.39 is 12.0 Å². The van der Waals surface area contributed by atoms with E-state index in [1.807, 2.05) is 11.9 Å². The van der Waals surface area contributed by atoms with Gasteiger partial charge in [0.05, 0.1) is 0 Å². The number of carbonyl (C=O) groups is 2. The van der Waals surface area contributed by atoms with Crippen LogP contribution in [0.5, 0.6) is 0 Å². The fraction of sp³-hybridized carbons (Fsp3) is 0.818. The van der Waals surface area contributed by atoms with Crippen molar-refractivity contribution in [3.63, 3.8) is 0 Å². The minimum atomic E-state index is -1.00. The summed E-state index contributed by atoms with van der Waals surface area (Å²) in [5.41, 5.74) is 0.105. The highest BCUT2D eigenvalue weighted by atomic mass is 16.4. The minimum absolute atomic E-state index is 0.105. The van der Waals surface area contributed by atoms with Gasteiger partial charge in [-0.1, -0.05) is 20.8 Å². The molecular formula is C11H22N2O3. The molecular weight excluding hydrogens is 208 g/mol. The first-order chi connectivity index (χ1) is 7.11. The Balaban J connectivity index is 4.29. The number of hydrogen-bond acceptors (Lipinski definition) is 3. The van der Waals surface area contributed by atoms with Crippen LogP contribution < -0.4 is 5.32 Å². The van der Waals surface area contributed by atoms with Gasteiger partial charge in [0.25, 0.3) is 0 Å². The molecule has 0 heterocycles. The average molecular weight is 230 g/mol. The number of amides is 1. The van der Waals surface area contributed by atoms with E-state index in [0.717, 1.165) is 6.54 Å². The summed E-state index contributed by atoms with van der Waals surface area (Å²) in [6.07, 6.45) is 0. The average Bonchev–Trinajstić information content (AvgIpc) is 1.97. The third-order valence-electron chi connectivity index (χ3n) is 1.91. The third-order valence-corrected chi connectivity index (χ3v) is 1.91. The molecule has 0 aromatic heterocycles. The van der Waals surface area contributed by atoms with Crippen LogP contribution in [0.15, 0.2) is 0 Å². The monoisotopic (exact) mass is 230 g/mol. The van der Waals surface area contributed by atoms with Gasteiger partial charge in [0.2, 0.25) is 5.91 Å². The van der Waals surface area contributed by atoms with Crippen LogP contribution in [0.4, 0.5) is 0 Å². The van der Waals surface area contributed by atoms with Gasteiger partial charge >= 0.3 is 5.97 Å². The first-order valence-corrected chi connectivity index (χ1v) is 5.30. The number of likely N-dealkylation sites (N-methyl/N-ethyl adjacent to an activating group) is 1. The van der Waals surface area contributed by atoms with Crippen LogP contribution in [0.1, 0.15) is 27.7 Å². The molecule has 0 fully saturated rings. The van der Waals surface area contributed by atoms with Crippen molar-refractivity contribution in [2.24, 2.45) is 5.41 Å². The van der Waals surface area contributed by atoms with E-state index in [9.17, 15) is 9.59 Å². The molecule has 5 heteroatoms. The first kappa shape index (κ1) is 14.9. The lowest BCUT2D eigenvalue weighted by atomic mass is 9.96. The second-order valence-corrected chi connectivity index (χ2v) is 5.35. The third kappa shape index (κ3) is 7.23. The van der Waals surface area contributed by atoms with Gasteiger partial charge in [0.15, 0.2) is 0 Å². The van der Waals surface area contributed by atoms with Crippen molar-refractivity contribution in [3.05, 3.63) is 0 Å². The number of nitrogens with zero attached hydrogens (tertiary/aromatic N) is 1. The fourth-order valence-electron chi connectivity index (χ4n) is 1.62. The molecule has 0 radical (unpaired) electrons. The fourth-order valence-corrected chi connectivity index (χ4v) is 1.62. The molecule has 1 amide bonds. The van der Waals surface area contributed by atoms with E-state index >= 15 is 0 Å². The molecule has 0 saturated heterocycles. The standard InChI is InChI=1S/C11H22N2O3/c1-8(14)12-9(10(15)16)6-13(5)7-11(2,3)4/h9H,6-7H2,1-5H3,(H,12,14)(H,15,16). The lowest BCUT2D eigenvalue weighted by Crippen LogP contribution is -2.48. The van der Waals surface area contributed by atoms with E-state index in [-0.39, 0.29) is 11.3 Å². The summed E-state index contributed by atoms with van der Waals surface area (Å²) >= 11 is 0. The number of carbonyl (C=O) groups excluding carboxylic acids is 1. The maximum atomic E-state index is 10.9. The highest BCUT2D eigenvalue weighted by molar-refractivity contribution is 5.82. The molecule has 1 atom stereocenters. The largest absolute Gasteiger partial charge is 0.480 e. The molecule has 0 aliphatic rings. The Bertz CT molecular complexity index is 258. The van der Waals surface area contributed by atoms with Gasteiger partial charge in [-0.2, -0.15) is 0 Å². The Kier molecular flexibility index (Phi) is 5.44. The Morgan fingerprint density at radius 2 is 1.88 bits per heavy atom. The second-order valence-electron chi connectivity index (χ2n) is 5.35. The van der Waals surface area contributed by atoms with Crippen LogP contribution in [0.2, 0.25) is 0 Å². The number of hydrogen-bond donors (Lipinski definition) is 2. The molecule has 0 aromatic carbocycles. The second kappa shape index (κ2) is 5.84. The van der Waals surface area contributed by atoms with E-state index in [4.69, 9.17) is 5.11 Å². The molecule has 0 aliphatic carbocycles. The SMILES string of the molecule is CC(=O)NC(CN(C)CC(C)(C)C)C(=O)O. The highest BCUT2D eigenvalue weighted by Gasteiger charge is 2.22. The summed E-state index contributed by atoms with van der Waals surface area (Å²) in [5.74, 6) is -1.33. The Labute approximate surface area is 96.8 Å². The van der Waals surface area contributed by atoms with Gasteiger partial charge in [0, 0.05) is 20.0 Å². The van der Waals surface area contributed by atoms with Crippen molar-refractivity contribution in [2.75, 3.05) is 20.1 Å². The smallest absolute Gasteiger partial charge is 0.327 e. The summed E-state index contributed by atoms with van der Waals surface area (Å²) in [4.78, 5) is 23.6. The Morgan fingerprint density at radius 1 is 1.38 bits per heavy atom. The maximum Gasteiger partial charge on any atom is 0.327 e. The topological polar surface area (TPSA) is 69.6 Å². The molecule has 0 aromatic rings. The van der Waals surface area contributed by atoms with Crippen LogP contribution in [0.25, 0.3) is 0 Å². The van der Waals surface area contributed by atoms with E-state index in [1.54, 1.807) is 0 Å². The molecule has 0 rings (SSSR count). The minimum Gasteiger partial charge on any atom is -0.480 e. The molecule has 16 heavy (non-hydrogen) atoms. The van der Waals surface area contributed by atoms with E-state index in [2.05, 4.69) is 26.1 Å². The molecule has 94 valence electrons. The molecule has 0 spiro atoms. The zero-order valence-electron chi connectivity index (χ0n) is 10.7. The van der Waals surface area contributed by atoms with Crippen molar-refractivity contribution in [1.29, 1.82) is 0 Å². The summed E-state index contributed by atoms with van der Waals surface area (Å²) in [6.45, 7) is 8.65. The van der Waals surface area contributed by atoms with Gasteiger partial charge in [-0.25, -0.2) is 4.79 Å². The van der Waals surface area contributed by atoms with Gasteiger partial charge in [-0.15, -0.1) is 0 Å². The van der Waals surface area contributed by atoms with Crippen LogP contribution in [0.3, 0.4) is 0 Å². The van der Waals surface area contributed by atoms with Crippen molar-refractivity contribution in [2.45, 2.75) is 33.7 Å². The van der Waals surface area contributed by atoms with Crippen LogP contribution in [0, 0.1) is 5.41 Å². The van der Waals surface area contributed by atoms with Crippen molar-refractivity contribution in [1.82, 2.24) is 10.2 Å². The number of carboxylic acids is 1. The van der Waals surface area contributed by atoms with Gasteiger partial charge in [0.1, 0.15) is 6.04 Å². The van der Waals surface area contributed by atoms with E-state index in [0.29, 0.717) is 6.54 Å². The number of nitrogens with one attached hydrogen (secondary N) is 1. The maximum absolute atomic E-state index is 10.9. The molecule has 1 unspecified atom stereocenters. The summed E-state index contributed by atoms with van der Waals surface area (Å²) < 4.78 is 0. The van der Waals surface area contributed by atoms with Crippen LogP contribution in [-0.2, 0) is 9.59 Å². The summed E-state index contributed by atoms with van der Waals surface area (Å²) in [5, 5.41) is 11.3. The van der Waals surface area contributed by atoms with Crippen LogP contribution in [-0.4, -0.2) is 48.1 Å². The molecule has 2 N–H and O–H groups in total. The predicted octanol–water partition coefficient (Wildman–Crippen LogP) is 0.554. The highest BCUT2D eigenvalue weighted by Crippen LogP contribution is 2.14. The first-order valence-electron chi connectivity index (χ1n) is 5.30. The zero-order chi connectivity index (χ0) is 12.9. The summed E-state index contributed by atoms with van der Waals surface area (Å²) in [7, 11) is 1.85. The van der Waals surface area contributed by atoms with E-state index in [1.165, 1.54) is 6.92 Å². The molecule has 0 aliphatic heterocycles. The lowest BCUT2D eigenvalue weighted by Gasteiger charge is -2.28. The Hall–Kier alpha value is -1.10. The number of rotatable bonds is 5. The predicted molar refractivity (Wildman–Crippen MR) is 62.2 cm³/mol. The quantitative estimate of drug-likeness (QED) is 0.724. The van der Waals surface area contributed by atoms with Gasteiger partial charge in [-0.3, -0.25) is 4.79 Å². The molecule has 0 saturated carbocycles. The zero-order valence-corrected chi connectivity index (χ0v) is 10.7. The molecule has 0 bridgehead atoms. The van der Waals surface area contributed by atoms with Crippen molar-refractivity contribution >= 4 is 11.9 Å². The number of carboxylic acid groups (broad SMARTS) is 1. The van der Waals surface area contributed by atoms with Crippen molar-refractivity contribution < 1.29 is 14.7 Å². The van der Waals surface area contributed by atoms with Gasteiger partial charge < -0.3 is 15.3 Å². The van der Waals surface area contributed by atoms with Gasteiger partial charge in [-0.05, 0) is 12.5 Å². The molecule has 5 nitrogen and oxygen atoms in total.